The number of nitrogens with zero attached hydrogens (tertiary/aromatic N) is 1. The Morgan fingerprint density at radius 1 is 1.25 bits per heavy atom. The molecular weight excluding hydrogens is 248 g/mol. The van der Waals surface area contributed by atoms with Crippen LogP contribution in [0.4, 0.5) is 5.82 Å². The summed E-state index contributed by atoms with van der Waals surface area (Å²) in [5, 5.41) is 3.98. The van der Waals surface area contributed by atoms with E-state index in [0.717, 1.165) is 23.3 Å². The molecule has 0 aliphatic heterocycles. The molecule has 1 fully saturated rings. The minimum Gasteiger partial charge on any atom is -0.380 e. The van der Waals surface area contributed by atoms with Gasteiger partial charge < -0.3 is 10.3 Å². The third-order valence-corrected chi connectivity index (χ3v) is 4.44. The van der Waals surface area contributed by atoms with Gasteiger partial charge >= 0.3 is 0 Å². The summed E-state index contributed by atoms with van der Waals surface area (Å²) >= 11 is 0. The smallest absolute Gasteiger partial charge is 0.175 e. The van der Waals surface area contributed by atoms with Gasteiger partial charge in [0.2, 0.25) is 0 Å². The van der Waals surface area contributed by atoms with Gasteiger partial charge in [-0.3, -0.25) is 0 Å². The molecule has 1 heterocycles. The van der Waals surface area contributed by atoms with E-state index in [9.17, 15) is 0 Å². The number of hydrogen-bond donors (Lipinski definition) is 1. The Morgan fingerprint density at radius 2 is 1.85 bits per heavy atom. The van der Waals surface area contributed by atoms with Gasteiger partial charge in [-0.05, 0) is 28.9 Å². The minimum absolute atomic E-state index is 0.304. The normalized spacial score (nSPS) is 20.4. The first-order chi connectivity index (χ1) is 9.40. The summed E-state index contributed by atoms with van der Waals surface area (Å²) in [6.07, 6.45) is 1.14. The van der Waals surface area contributed by atoms with Crippen molar-refractivity contribution < 1.29 is 4.52 Å². The summed E-state index contributed by atoms with van der Waals surface area (Å²) in [5.41, 5.74) is 9.74. The topological polar surface area (TPSA) is 52.0 Å². The zero-order chi connectivity index (χ0) is 14.5. The highest BCUT2D eigenvalue weighted by atomic mass is 16.5. The van der Waals surface area contributed by atoms with Crippen LogP contribution in [0.25, 0.3) is 11.1 Å². The summed E-state index contributed by atoms with van der Waals surface area (Å²) in [6.45, 7) is 8.89. The van der Waals surface area contributed by atoms with Crippen molar-refractivity contribution >= 4 is 5.82 Å². The van der Waals surface area contributed by atoms with Gasteiger partial charge in [0.25, 0.3) is 0 Å². The molecular formula is C17H22N2O. The molecule has 2 N–H and O–H groups in total. The van der Waals surface area contributed by atoms with Crippen molar-refractivity contribution in [1.82, 2.24) is 5.16 Å². The molecule has 0 saturated heterocycles. The van der Waals surface area contributed by atoms with Crippen molar-refractivity contribution in [1.29, 1.82) is 0 Å². The number of hydrogen-bond acceptors (Lipinski definition) is 3. The van der Waals surface area contributed by atoms with Crippen LogP contribution in [0.15, 0.2) is 28.8 Å². The maximum Gasteiger partial charge on any atom is 0.175 e. The average molecular weight is 270 g/mol. The van der Waals surface area contributed by atoms with E-state index in [1.165, 1.54) is 5.56 Å². The Labute approximate surface area is 120 Å². The summed E-state index contributed by atoms with van der Waals surface area (Å²) in [5.74, 6) is 2.42. The Balaban J connectivity index is 2.00. The summed E-state index contributed by atoms with van der Waals surface area (Å²) < 4.78 is 5.51. The molecule has 1 aromatic carbocycles. The lowest BCUT2D eigenvalue weighted by molar-refractivity contribution is 0.376. The van der Waals surface area contributed by atoms with Crippen LogP contribution in [0.5, 0.6) is 0 Å². The van der Waals surface area contributed by atoms with Crippen molar-refractivity contribution in [2.45, 2.75) is 46.0 Å². The van der Waals surface area contributed by atoms with Crippen LogP contribution in [-0.2, 0) is 0 Å². The van der Waals surface area contributed by atoms with Gasteiger partial charge in [-0.2, -0.15) is 0 Å². The van der Waals surface area contributed by atoms with Crippen LogP contribution in [0.1, 0.15) is 57.3 Å². The molecule has 3 nitrogen and oxygen atoms in total. The molecule has 2 aromatic rings. The molecule has 1 atom stereocenters. The van der Waals surface area contributed by atoms with Crippen molar-refractivity contribution in [3.05, 3.63) is 35.6 Å². The highest BCUT2D eigenvalue weighted by molar-refractivity contribution is 5.76. The number of anilines is 1. The fourth-order valence-electron chi connectivity index (χ4n) is 2.79. The van der Waals surface area contributed by atoms with E-state index in [1.54, 1.807) is 0 Å². The van der Waals surface area contributed by atoms with Gasteiger partial charge in [-0.15, -0.1) is 0 Å². The number of nitrogens with two attached hydrogens (primary N) is 1. The highest BCUT2D eigenvalue weighted by Gasteiger charge is 2.50. The molecule has 3 rings (SSSR count). The van der Waals surface area contributed by atoms with E-state index in [4.69, 9.17) is 10.3 Å². The second-order valence-electron chi connectivity index (χ2n) is 6.83. The van der Waals surface area contributed by atoms with Crippen molar-refractivity contribution in [3.8, 4) is 11.1 Å². The van der Waals surface area contributed by atoms with Crippen molar-refractivity contribution in [3.63, 3.8) is 0 Å². The van der Waals surface area contributed by atoms with Crippen LogP contribution in [0.2, 0.25) is 0 Å². The second-order valence-corrected chi connectivity index (χ2v) is 6.83. The number of nitrogen functional groups attached to an aromatic ring is 1. The molecule has 106 valence electrons. The molecule has 1 saturated carbocycles. The quantitative estimate of drug-likeness (QED) is 0.889. The number of aromatic nitrogens is 1. The number of rotatable bonds is 3. The van der Waals surface area contributed by atoms with Crippen LogP contribution in [-0.4, -0.2) is 5.16 Å². The number of benzene rings is 1. The summed E-state index contributed by atoms with van der Waals surface area (Å²) in [4.78, 5) is 0. The van der Waals surface area contributed by atoms with Crippen LogP contribution >= 0.6 is 0 Å². The van der Waals surface area contributed by atoms with Gasteiger partial charge in [-0.1, -0.05) is 57.1 Å². The first-order valence-corrected chi connectivity index (χ1v) is 7.25. The maximum absolute atomic E-state index is 6.02. The zero-order valence-corrected chi connectivity index (χ0v) is 12.6. The molecule has 20 heavy (non-hydrogen) atoms. The predicted molar refractivity (Wildman–Crippen MR) is 81.6 cm³/mol. The molecule has 1 aliphatic rings. The maximum atomic E-state index is 6.02. The van der Waals surface area contributed by atoms with E-state index in [2.05, 4.69) is 57.1 Å². The first kappa shape index (κ1) is 13.2. The lowest BCUT2D eigenvalue weighted by Crippen LogP contribution is -1.94. The minimum atomic E-state index is 0.304. The second kappa shape index (κ2) is 4.37. The van der Waals surface area contributed by atoms with Crippen molar-refractivity contribution in [2.75, 3.05) is 5.73 Å². The largest absolute Gasteiger partial charge is 0.380 e. The van der Waals surface area contributed by atoms with E-state index in [1.807, 2.05) is 0 Å². The average Bonchev–Trinajstić information content (AvgIpc) is 2.86. The molecule has 0 bridgehead atoms. The van der Waals surface area contributed by atoms with Crippen LogP contribution in [0.3, 0.4) is 0 Å². The van der Waals surface area contributed by atoms with Crippen molar-refractivity contribution in [2.24, 2.45) is 5.41 Å². The van der Waals surface area contributed by atoms with Gasteiger partial charge in [0.15, 0.2) is 5.82 Å². The lowest BCUT2D eigenvalue weighted by Gasteiger charge is -2.08. The van der Waals surface area contributed by atoms with Gasteiger partial charge in [0, 0.05) is 5.92 Å². The Kier molecular flexibility index (Phi) is 2.89. The fourth-order valence-corrected chi connectivity index (χ4v) is 2.79. The zero-order valence-electron chi connectivity index (χ0n) is 12.6. The molecule has 0 radical (unpaired) electrons. The highest BCUT2D eigenvalue weighted by Crippen LogP contribution is 2.60. The summed E-state index contributed by atoms with van der Waals surface area (Å²) in [6, 6.07) is 8.57. The van der Waals surface area contributed by atoms with Crippen LogP contribution in [0, 0.1) is 5.41 Å². The Hall–Kier alpha value is -1.77. The summed E-state index contributed by atoms with van der Waals surface area (Å²) in [7, 11) is 0. The standard InChI is InChI=1S/C17H22N2O/c1-10(2)11-5-7-12(8-6-11)14-15(20-19-16(14)18)13-9-17(13,3)4/h5-8,10,13H,9H2,1-4H3,(H2,18,19). The van der Waals surface area contributed by atoms with Gasteiger partial charge in [-0.25, -0.2) is 0 Å². The molecule has 3 heteroatoms. The van der Waals surface area contributed by atoms with Gasteiger partial charge in [0.1, 0.15) is 5.76 Å². The molecule has 0 amide bonds. The lowest BCUT2D eigenvalue weighted by atomic mass is 9.97. The van der Waals surface area contributed by atoms with Crippen LogP contribution < -0.4 is 5.73 Å². The molecule has 1 aliphatic carbocycles. The van der Waals surface area contributed by atoms with E-state index >= 15 is 0 Å². The van der Waals surface area contributed by atoms with E-state index in [0.29, 0.717) is 23.1 Å². The van der Waals surface area contributed by atoms with E-state index in [-0.39, 0.29) is 0 Å². The SMILES string of the molecule is CC(C)c1ccc(-c2c(N)noc2C2CC2(C)C)cc1. The molecule has 0 spiro atoms. The predicted octanol–water partition coefficient (Wildman–Crippen LogP) is 4.56. The van der Waals surface area contributed by atoms with E-state index < -0.39 is 0 Å². The van der Waals surface area contributed by atoms with Gasteiger partial charge in [0.05, 0.1) is 5.56 Å². The molecule has 1 aromatic heterocycles. The first-order valence-electron chi connectivity index (χ1n) is 7.25. The fraction of sp³-hybridized carbons (Fsp3) is 0.471. The Morgan fingerprint density at radius 3 is 2.35 bits per heavy atom. The monoisotopic (exact) mass is 270 g/mol. The third kappa shape index (κ3) is 2.11. The Bertz CT molecular complexity index is 623. The molecule has 1 unspecified atom stereocenters. The third-order valence-electron chi connectivity index (χ3n) is 4.44.